The molecule has 26 heavy (non-hydrogen) atoms. The van der Waals surface area contributed by atoms with Gasteiger partial charge in [-0.2, -0.15) is 5.26 Å². The summed E-state index contributed by atoms with van der Waals surface area (Å²) in [5.41, 5.74) is 0.599. The van der Waals surface area contributed by atoms with Gasteiger partial charge in [0.25, 0.3) is 0 Å². The topological polar surface area (TPSA) is 96.4 Å². The van der Waals surface area contributed by atoms with Crippen molar-refractivity contribution in [3.05, 3.63) is 53.6 Å². The zero-order valence-corrected chi connectivity index (χ0v) is 14.3. The molecule has 0 atom stereocenters. The molecular formula is C16H14F3N3O3S. The summed E-state index contributed by atoms with van der Waals surface area (Å²) >= 11 is 0. The SMILES string of the molecule is CN(Cc1ccccc1OC(F)(F)F)c1ccc(S(N)(=O)=O)cc1C#N. The van der Waals surface area contributed by atoms with Crippen LogP contribution in [0.15, 0.2) is 47.4 Å². The molecule has 0 unspecified atom stereocenters. The van der Waals surface area contributed by atoms with E-state index in [1.807, 2.05) is 6.07 Å². The number of primary sulfonamides is 1. The van der Waals surface area contributed by atoms with Crippen LogP contribution in [0.3, 0.4) is 0 Å². The Hall–Kier alpha value is -2.77. The number of benzene rings is 2. The highest BCUT2D eigenvalue weighted by Gasteiger charge is 2.32. The van der Waals surface area contributed by atoms with Crippen molar-refractivity contribution in [1.82, 2.24) is 0 Å². The van der Waals surface area contributed by atoms with E-state index < -0.39 is 16.4 Å². The van der Waals surface area contributed by atoms with Crippen molar-refractivity contribution in [2.75, 3.05) is 11.9 Å². The third-order valence-electron chi connectivity index (χ3n) is 3.43. The predicted octanol–water partition coefficient (Wildman–Crippen LogP) is 2.74. The van der Waals surface area contributed by atoms with E-state index in [-0.39, 0.29) is 28.3 Å². The van der Waals surface area contributed by atoms with Gasteiger partial charge in [-0.25, -0.2) is 13.6 Å². The normalized spacial score (nSPS) is 11.7. The molecule has 0 radical (unpaired) electrons. The molecular weight excluding hydrogens is 371 g/mol. The van der Waals surface area contributed by atoms with Gasteiger partial charge in [0.2, 0.25) is 10.0 Å². The minimum atomic E-state index is -4.83. The van der Waals surface area contributed by atoms with E-state index in [1.165, 1.54) is 35.2 Å². The summed E-state index contributed by atoms with van der Waals surface area (Å²) in [5.74, 6) is -0.355. The second-order valence-electron chi connectivity index (χ2n) is 5.35. The van der Waals surface area contributed by atoms with Gasteiger partial charge in [0.15, 0.2) is 0 Å². The average Bonchev–Trinajstić information content (AvgIpc) is 2.53. The molecule has 0 spiro atoms. The lowest BCUT2D eigenvalue weighted by atomic mass is 10.1. The summed E-state index contributed by atoms with van der Waals surface area (Å²) in [7, 11) is -2.43. The van der Waals surface area contributed by atoms with Gasteiger partial charge in [-0.3, -0.25) is 0 Å². The third-order valence-corrected chi connectivity index (χ3v) is 4.35. The number of alkyl halides is 3. The Labute approximate surface area is 148 Å². The van der Waals surface area contributed by atoms with Gasteiger partial charge in [-0.15, -0.1) is 13.2 Å². The monoisotopic (exact) mass is 385 g/mol. The van der Waals surface area contributed by atoms with Crippen LogP contribution < -0.4 is 14.8 Å². The molecule has 10 heteroatoms. The first kappa shape index (κ1) is 19.6. The van der Waals surface area contributed by atoms with E-state index in [0.717, 1.165) is 6.07 Å². The van der Waals surface area contributed by atoms with Gasteiger partial charge in [0.1, 0.15) is 11.8 Å². The second kappa shape index (κ2) is 7.23. The first-order chi connectivity index (χ1) is 12.0. The number of anilines is 1. The molecule has 0 saturated heterocycles. The molecule has 2 aromatic carbocycles. The average molecular weight is 385 g/mol. The third kappa shape index (κ3) is 4.87. The molecule has 0 fully saturated rings. The number of hydrogen-bond donors (Lipinski definition) is 1. The van der Waals surface area contributed by atoms with Crippen molar-refractivity contribution in [3.8, 4) is 11.8 Å². The number of rotatable bonds is 5. The van der Waals surface area contributed by atoms with Gasteiger partial charge in [-0.1, -0.05) is 18.2 Å². The summed E-state index contributed by atoms with van der Waals surface area (Å²) in [6.45, 7) is -0.00431. The summed E-state index contributed by atoms with van der Waals surface area (Å²) in [4.78, 5) is 1.27. The molecule has 0 heterocycles. The van der Waals surface area contributed by atoms with Crippen molar-refractivity contribution in [2.45, 2.75) is 17.8 Å². The highest BCUT2D eigenvalue weighted by Crippen LogP contribution is 2.29. The zero-order valence-electron chi connectivity index (χ0n) is 13.5. The summed E-state index contributed by atoms with van der Waals surface area (Å²) in [5, 5.41) is 14.3. The van der Waals surface area contributed by atoms with Gasteiger partial charge >= 0.3 is 6.36 Å². The van der Waals surface area contributed by atoms with Gasteiger partial charge < -0.3 is 9.64 Å². The van der Waals surface area contributed by atoms with Crippen LogP contribution in [-0.4, -0.2) is 21.8 Å². The number of nitrogens with two attached hydrogens (primary N) is 1. The maximum atomic E-state index is 12.5. The molecule has 6 nitrogen and oxygen atoms in total. The van der Waals surface area contributed by atoms with E-state index in [2.05, 4.69) is 4.74 Å². The Morgan fingerprint density at radius 2 is 1.88 bits per heavy atom. The quantitative estimate of drug-likeness (QED) is 0.854. The lowest BCUT2D eigenvalue weighted by Gasteiger charge is -2.22. The van der Waals surface area contributed by atoms with Gasteiger partial charge in [-0.05, 0) is 24.3 Å². The van der Waals surface area contributed by atoms with Crippen molar-refractivity contribution >= 4 is 15.7 Å². The fourth-order valence-corrected chi connectivity index (χ4v) is 2.85. The highest BCUT2D eigenvalue weighted by molar-refractivity contribution is 7.89. The Kier molecular flexibility index (Phi) is 5.44. The Balaban J connectivity index is 2.35. The molecule has 0 aromatic heterocycles. The van der Waals surface area contributed by atoms with Crippen molar-refractivity contribution in [2.24, 2.45) is 5.14 Å². The van der Waals surface area contributed by atoms with E-state index in [9.17, 15) is 26.9 Å². The maximum absolute atomic E-state index is 12.5. The van der Waals surface area contributed by atoms with Crippen LogP contribution in [0, 0.1) is 11.3 Å². The Morgan fingerprint density at radius 3 is 2.46 bits per heavy atom. The largest absolute Gasteiger partial charge is 0.573 e. The zero-order chi connectivity index (χ0) is 19.5. The fourth-order valence-electron chi connectivity index (χ4n) is 2.31. The molecule has 2 N–H and O–H groups in total. The smallest absolute Gasteiger partial charge is 0.405 e. The number of sulfonamides is 1. The molecule has 2 aromatic rings. The van der Waals surface area contributed by atoms with Crippen molar-refractivity contribution in [3.63, 3.8) is 0 Å². The second-order valence-corrected chi connectivity index (χ2v) is 6.91. The molecule has 138 valence electrons. The summed E-state index contributed by atoms with van der Waals surface area (Å²) in [6, 6.07) is 11.2. The number of nitriles is 1. The van der Waals surface area contributed by atoms with Crippen LogP contribution in [0.4, 0.5) is 18.9 Å². The first-order valence-corrected chi connectivity index (χ1v) is 8.67. The Morgan fingerprint density at radius 1 is 1.23 bits per heavy atom. The lowest BCUT2D eigenvalue weighted by Crippen LogP contribution is -2.22. The molecule has 0 aliphatic rings. The highest BCUT2D eigenvalue weighted by atomic mass is 32.2. The molecule has 0 amide bonds. The number of halogens is 3. The molecule has 0 aliphatic heterocycles. The number of ether oxygens (including phenoxy) is 1. The number of para-hydroxylation sites is 1. The van der Waals surface area contributed by atoms with Crippen LogP contribution >= 0.6 is 0 Å². The van der Waals surface area contributed by atoms with E-state index in [0.29, 0.717) is 5.69 Å². The van der Waals surface area contributed by atoms with Crippen molar-refractivity contribution < 1.29 is 26.3 Å². The molecule has 0 saturated carbocycles. The lowest BCUT2D eigenvalue weighted by molar-refractivity contribution is -0.274. The fraction of sp³-hybridized carbons (Fsp3) is 0.188. The van der Waals surface area contributed by atoms with Crippen LogP contribution in [0.25, 0.3) is 0 Å². The Bertz CT molecular complexity index is 953. The van der Waals surface area contributed by atoms with Gasteiger partial charge in [0, 0.05) is 19.2 Å². The summed E-state index contributed by atoms with van der Waals surface area (Å²) < 4.78 is 64.3. The predicted molar refractivity (Wildman–Crippen MR) is 87.8 cm³/mol. The van der Waals surface area contributed by atoms with Crippen molar-refractivity contribution in [1.29, 1.82) is 5.26 Å². The maximum Gasteiger partial charge on any atom is 0.573 e. The number of nitrogens with zero attached hydrogens (tertiary/aromatic N) is 2. The van der Waals surface area contributed by atoms with E-state index >= 15 is 0 Å². The standard InChI is InChI=1S/C16H14F3N3O3S/c1-22(10-11-4-2-3-5-15(11)25-16(17,18)19)14-7-6-13(26(21,23)24)8-12(14)9-20/h2-8H,10H2,1H3,(H2,21,23,24). The number of hydrogen-bond acceptors (Lipinski definition) is 5. The minimum absolute atomic E-state index is 0.00431. The van der Waals surface area contributed by atoms with Crippen LogP contribution in [0.5, 0.6) is 5.75 Å². The first-order valence-electron chi connectivity index (χ1n) is 7.13. The van der Waals surface area contributed by atoms with Crippen LogP contribution in [0.2, 0.25) is 0 Å². The van der Waals surface area contributed by atoms with Crippen LogP contribution in [-0.2, 0) is 16.6 Å². The minimum Gasteiger partial charge on any atom is -0.405 e. The molecule has 0 aliphatic carbocycles. The van der Waals surface area contributed by atoms with E-state index in [4.69, 9.17) is 5.14 Å². The molecule has 2 rings (SSSR count). The molecule has 0 bridgehead atoms. The van der Waals surface area contributed by atoms with Gasteiger partial charge in [0.05, 0.1) is 16.1 Å². The van der Waals surface area contributed by atoms with E-state index in [1.54, 1.807) is 13.1 Å². The summed E-state index contributed by atoms with van der Waals surface area (Å²) in [6.07, 6.45) is -4.83. The van der Waals surface area contributed by atoms with Crippen LogP contribution in [0.1, 0.15) is 11.1 Å².